The highest BCUT2D eigenvalue weighted by molar-refractivity contribution is 7.25. The molecule has 0 fully saturated rings. The normalized spacial score (nSPS) is 15.2. The molecular formula is C59H49BN2S. The lowest BCUT2D eigenvalue weighted by Gasteiger charge is -2.30. The number of thiophene rings is 1. The Hall–Kier alpha value is -6.36. The zero-order valence-electron chi connectivity index (χ0n) is 37.3. The number of anilines is 2. The van der Waals surface area contributed by atoms with Gasteiger partial charge in [0.25, 0.3) is 0 Å². The summed E-state index contributed by atoms with van der Waals surface area (Å²) in [4.78, 5) is 0. The molecule has 0 spiro atoms. The molecule has 4 heteroatoms. The summed E-state index contributed by atoms with van der Waals surface area (Å²) in [5, 5.41) is 9.25. The van der Waals surface area contributed by atoms with Gasteiger partial charge >= 0.3 is 0 Å². The number of nitrogens with zero attached hydrogens (tertiary/aromatic N) is 1. The largest absolute Gasteiger partial charge is 0.355 e. The Morgan fingerprint density at radius 2 is 1.16 bits per heavy atom. The summed E-state index contributed by atoms with van der Waals surface area (Å²) in [6, 6.07) is 56.1. The summed E-state index contributed by atoms with van der Waals surface area (Å²) >= 11 is 1.88. The maximum absolute atomic E-state index is 3.98. The molecule has 0 atom stereocenters. The van der Waals surface area contributed by atoms with Crippen LogP contribution in [-0.4, -0.2) is 11.3 Å². The van der Waals surface area contributed by atoms with Gasteiger partial charge in [-0.1, -0.05) is 158 Å². The average molecular weight is 829 g/mol. The Kier molecular flexibility index (Phi) is 7.34. The highest BCUT2D eigenvalue weighted by atomic mass is 32.1. The number of benzene rings is 8. The van der Waals surface area contributed by atoms with E-state index in [9.17, 15) is 0 Å². The average Bonchev–Trinajstić information content (AvgIpc) is 3.94. The SMILES string of the molecule is CB1c2cc3c(cc2-n2c4cc5c(cc4c4ccc(-c6cc7c(cc6Nc6ccc(C(C)(C)C)cc6)sc6ccccc67)c1c42)-c1ccccc1C5(C)C)-c1ccccc1C3(C)C. The van der Waals surface area contributed by atoms with Gasteiger partial charge in [0, 0.05) is 69.9 Å². The van der Waals surface area contributed by atoms with Crippen molar-refractivity contribution in [3.63, 3.8) is 0 Å². The van der Waals surface area contributed by atoms with E-state index in [-0.39, 0.29) is 23.0 Å². The number of fused-ring (bicyclic) bond motifs is 14. The minimum Gasteiger partial charge on any atom is -0.355 e. The minimum atomic E-state index is -0.110. The molecule has 0 bridgehead atoms. The van der Waals surface area contributed by atoms with Gasteiger partial charge in [-0.25, -0.2) is 0 Å². The molecule has 0 radical (unpaired) electrons. The van der Waals surface area contributed by atoms with E-state index in [0.29, 0.717) is 0 Å². The number of nitrogens with one attached hydrogen (secondary N) is 1. The molecule has 0 unspecified atom stereocenters. The maximum Gasteiger partial charge on any atom is 0.212 e. The van der Waals surface area contributed by atoms with Crippen molar-refractivity contribution in [1.29, 1.82) is 0 Å². The molecule has 304 valence electrons. The van der Waals surface area contributed by atoms with E-state index in [2.05, 4.69) is 211 Å². The first-order chi connectivity index (χ1) is 30.3. The van der Waals surface area contributed by atoms with Crippen LogP contribution in [0.5, 0.6) is 0 Å². The van der Waals surface area contributed by atoms with E-state index < -0.39 is 0 Å². The van der Waals surface area contributed by atoms with Crippen LogP contribution in [0.25, 0.3) is 81.0 Å². The third-order valence-electron chi connectivity index (χ3n) is 15.4. The minimum absolute atomic E-state index is 0.0834. The van der Waals surface area contributed by atoms with Crippen molar-refractivity contribution in [1.82, 2.24) is 4.57 Å². The molecule has 0 saturated heterocycles. The van der Waals surface area contributed by atoms with E-state index in [0.717, 1.165) is 11.4 Å². The Labute approximate surface area is 374 Å². The summed E-state index contributed by atoms with van der Waals surface area (Å²) in [7, 11) is 0. The third-order valence-corrected chi connectivity index (χ3v) is 16.5. The van der Waals surface area contributed by atoms with Gasteiger partial charge in [-0.2, -0.15) is 0 Å². The Morgan fingerprint density at radius 3 is 1.87 bits per heavy atom. The van der Waals surface area contributed by atoms with Crippen LogP contribution >= 0.6 is 11.3 Å². The van der Waals surface area contributed by atoms with E-state index in [1.165, 1.54) is 120 Å². The standard InChI is InChI=1S/C59H49BN2S/c1-57(2,3)33-21-23-34(24-22-33)61-50-32-54-44(37-17-11-14-20-53(37)63-54)28-42(50)38-25-26-39-43-27-40-35-15-9-12-18-45(35)59(6,7)48(40)31-51(43)62-52-29-41-36-16-10-13-19-46(36)58(4,5)47(41)30-49(52)60(8)55(38)56(39)62/h9-32,61H,1-8H3. The fraction of sp³-hybridized carbons (Fsp3) is 0.186. The van der Waals surface area contributed by atoms with Crippen LogP contribution in [0.2, 0.25) is 6.82 Å². The molecule has 3 aliphatic rings. The Morgan fingerprint density at radius 1 is 0.524 bits per heavy atom. The summed E-state index contributed by atoms with van der Waals surface area (Å²) in [5.41, 5.74) is 23.8. The van der Waals surface area contributed by atoms with Gasteiger partial charge in [0.05, 0.1) is 5.52 Å². The van der Waals surface area contributed by atoms with E-state index in [1.54, 1.807) is 0 Å². The molecule has 1 N–H and O–H groups in total. The third kappa shape index (κ3) is 4.96. The van der Waals surface area contributed by atoms with Crippen molar-refractivity contribution < 1.29 is 0 Å². The van der Waals surface area contributed by atoms with Gasteiger partial charge in [-0.05, 0) is 115 Å². The van der Waals surface area contributed by atoms with Crippen LogP contribution in [0.3, 0.4) is 0 Å². The molecule has 0 amide bonds. The predicted molar refractivity (Wildman–Crippen MR) is 274 cm³/mol. The molecule has 3 heterocycles. The van der Waals surface area contributed by atoms with Crippen LogP contribution in [0.1, 0.15) is 76.3 Å². The molecule has 1 aliphatic heterocycles. The van der Waals surface area contributed by atoms with Crippen LogP contribution in [0, 0.1) is 0 Å². The molecule has 8 aromatic carbocycles. The van der Waals surface area contributed by atoms with E-state index >= 15 is 0 Å². The first-order valence-corrected chi connectivity index (χ1v) is 23.5. The van der Waals surface area contributed by atoms with Crippen molar-refractivity contribution in [2.75, 3.05) is 5.32 Å². The van der Waals surface area contributed by atoms with Crippen LogP contribution in [0.15, 0.2) is 146 Å². The number of rotatable bonds is 3. The zero-order chi connectivity index (χ0) is 42.9. The monoisotopic (exact) mass is 828 g/mol. The second kappa shape index (κ2) is 12.4. The molecule has 13 rings (SSSR count). The summed E-state index contributed by atoms with van der Waals surface area (Å²) in [6.07, 6.45) is 0. The fourth-order valence-corrected chi connectivity index (χ4v) is 13.1. The lowest BCUT2D eigenvalue weighted by atomic mass is 9.39. The lowest BCUT2D eigenvalue weighted by Crippen LogP contribution is -2.47. The highest BCUT2D eigenvalue weighted by Gasteiger charge is 2.41. The van der Waals surface area contributed by atoms with Crippen molar-refractivity contribution in [3.8, 4) is 39.1 Å². The van der Waals surface area contributed by atoms with Gasteiger partial charge in [0.15, 0.2) is 0 Å². The van der Waals surface area contributed by atoms with Crippen LogP contribution < -0.4 is 16.2 Å². The van der Waals surface area contributed by atoms with Gasteiger partial charge in [0.1, 0.15) is 0 Å². The molecule has 2 aromatic heterocycles. The first-order valence-electron chi connectivity index (χ1n) is 22.7. The predicted octanol–water partition coefficient (Wildman–Crippen LogP) is 15.0. The molecule has 2 aliphatic carbocycles. The molecule has 10 aromatic rings. The van der Waals surface area contributed by atoms with Crippen molar-refractivity contribution in [2.24, 2.45) is 0 Å². The molecule has 2 nitrogen and oxygen atoms in total. The molecule has 0 saturated carbocycles. The zero-order valence-corrected chi connectivity index (χ0v) is 38.1. The van der Waals surface area contributed by atoms with Gasteiger partial charge < -0.3 is 9.88 Å². The highest BCUT2D eigenvalue weighted by Crippen LogP contribution is 2.53. The first kappa shape index (κ1) is 37.2. The molecule has 63 heavy (non-hydrogen) atoms. The topological polar surface area (TPSA) is 17.0 Å². The second-order valence-corrected chi connectivity index (χ2v) is 21.7. The van der Waals surface area contributed by atoms with Crippen molar-refractivity contribution in [3.05, 3.63) is 173 Å². The van der Waals surface area contributed by atoms with Crippen LogP contribution in [0.4, 0.5) is 11.4 Å². The number of hydrogen-bond donors (Lipinski definition) is 1. The van der Waals surface area contributed by atoms with Gasteiger partial charge in [0.2, 0.25) is 6.71 Å². The quantitative estimate of drug-likeness (QED) is 0.176. The Balaban J connectivity index is 1.13. The summed E-state index contributed by atoms with van der Waals surface area (Å²) in [6.45, 7) is 19.1. The van der Waals surface area contributed by atoms with E-state index in [1.807, 2.05) is 11.3 Å². The van der Waals surface area contributed by atoms with Gasteiger partial charge in [-0.3, -0.25) is 0 Å². The summed E-state index contributed by atoms with van der Waals surface area (Å²) < 4.78 is 5.29. The van der Waals surface area contributed by atoms with Gasteiger partial charge in [-0.15, -0.1) is 11.3 Å². The second-order valence-electron chi connectivity index (χ2n) is 20.6. The van der Waals surface area contributed by atoms with Crippen molar-refractivity contribution >= 4 is 82.3 Å². The molecular weight excluding hydrogens is 780 g/mol. The number of aromatic nitrogens is 1. The smallest absolute Gasteiger partial charge is 0.212 e. The van der Waals surface area contributed by atoms with Crippen molar-refractivity contribution in [2.45, 2.75) is 71.5 Å². The number of hydrogen-bond acceptors (Lipinski definition) is 2. The Bertz CT molecular complexity index is 3650. The fourth-order valence-electron chi connectivity index (χ4n) is 12.0. The lowest BCUT2D eigenvalue weighted by molar-refractivity contribution is 0.590. The van der Waals surface area contributed by atoms with Crippen LogP contribution in [-0.2, 0) is 16.2 Å². The summed E-state index contributed by atoms with van der Waals surface area (Å²) in [5.74, 6) is 0. The maximum atomic E-state index is 3.98. The van der Waals surface area contributed by atoms with E-state index in [4.69, 9.17) is 0 Å².